The van der Waals surface area contributed by atoms with Crippen LogP contribution in [0.5, 0.6) is 0 Å². The first-order chi connectivity index (χ1) is 13.2. The molecular formula is C21H20FN3O2. The van der Waals surface area contributed by atoms with Gasteiger partial charge in [0.05, 0.1) is 5.56 Å². The molecule has 3 aliphatic rings. The lowest BCUT2D eigenvalue weighted by Crippen LogP contribution is -2.57. The maximum Gasteiger partial charge on any atom is 0.253 e. The predicted molar refractivity (Wildman–Crippen MR) is 99.8 cm³/mol. The number of carbonyl (C=O) groups is 1. The summed E-state index contributed by atoms with van der Waals surface area (Å²) in [5.41, 5.74) is 1.70. The van der Waals surface area contributed by atoms with E-state index in [0.717, 1.165) is 38.0 Å². The molecule has 3 aromatic rings. The molecule has 3 aliphatic heterocycles. The largest absolute Gasteiger partial charge is 0.436 e. The maximum absolute atomic E-state index is 14.1. The summed E-state index contributed by atoms with van der Waals surface area (Å²) in [6.07, 6.45) is 2.21. The molecule has 0 radical (unpaired) electrons. The molecule has 138 valence electrons. The van der Waals surface area contributed by atoms with E-state index in [1.54, 1.807) is 0 Å². The van der Waals surface area contributed by atoms with Crippen molar-refractivity contribution >= 4 is 17.0 Å². The van der Waals surface area contributed by atoms with Crippen LogP contribution in [0.4, 0.5) is 4.39 Å². The van der Waals surface area contributed by atoms with Crippen LogP contribution in [-0.4, -0.2) is 41.5 Å². The van der Waals surface area contributed by atoms with Gasteiger partial charge in [-0.3, -0.25) is 4.79 Å². The third kappa shape index (κ3) is 3.00. The molecule has 1 atom stereocenters. The summed E-state index contributed by atoms with van der Waals surface area (Å²) in [6.45, 7) is 3.07. The van der Waals surface area contributed by atoms with Crippen molar-refractivity contribution in [3.63, 3.8) is 0 Å². The number of rotatable bonds is 3. The Labute approximate surface area is 156 Å². The lowest BCUT2D eigenvalue weighted by Gasteiger charge is -2.44. The number of nitrogens with one attached hydrogen (secondary N) is 1. The number of nitrogens with zero attached hydrogens (tertiary/aromatic N) is 2. The number of hydrogen-bond donors (Lipinski definition) is 1. The lowest BCUT2D eigenvalue weighted by molar-refractivity contribution is 0.0621. The van der Waals surface area contributed by atoms with Crippen LogP contribution in [0.1, 0.15) is 23.2 Å². The van der Waals surface area contributed by atoms with Gasteiger partial charge in [0, 0.05) is 24.2 Å². The van der Waals surface area contributed by atoms with E-state index in [2.05, 4.69) is 15.2 Å². The zero-order chi connectivity index (χ0) is 18.4. The fraction of sp³-hybridized carbons (Fsp3) is 0.333. The lowest BCUT2D eigenvalue weighted by atomic mass is 9.84. The van der Waals surface area contributed by atoms with E-state index >= 15 is 0 Å². The van der Waals surface area contributed by atoms with Crippen LogP contribution in [0.15, 0.2) is 46.9 Å². The number of carbonyl (C=O) groups excluding carboxylic acids is 1. The normalized spacial score (nSPS) is 24.3. The Kier molecular flexibility index (Phi) is 3.93. The van der Waals surface area contributed by atoms with Crippen LogP contribution >= 0.6 is 0 Å². The fourth-order valence-corrected chi connectivity index (χ4v) is 4.25. The summed E-state index contributed by atoms with van der Waals surface area (Å²) in [6, 6.07) is 12.0. The number of benzene rings is 2. The summed E-state index contributed by atoms with van der Waals surface area (Å²) in [4.78, 5) is 19.8. The van der Waals surface area contributed by atoms with E-state index in [1.807, 2.05) is 30.3 Å². The van der Waals surface area contributed by atoms with Crippen molar-refractivity contribution in [1.82, 2.24) is 15.2 Å². The smallest absolute Gasteiger partial charge is 0.253 e. The molecule has 0 saturated carbocycles. The molecule has 6 heteroatoms. The van der Waals surface area contributed by atoms with Crippen LogP contribution in [-0.2, 0) is 0 Å². The Morgan fingerprint density at radius 2 is 1.96 bits per heavy atom. The number of aromatic nitrogens is 1. The predicted octanol–water partition coefficient (Wildman–Crippen LogP) is 3.46. The zero-order valence-corrected chi connectivity index (χ0v) is 14.8. The minimum atomic E-state index is -0.502. The van der Waals surface area contributed by atoms with Gasteiger partial charge in [0.1, 0.15) is 11.3 Å². The Morgan fingerprint density at radius 1 is 1.19 bits per heavy atom. The molecule has 2 bridgehead atoms. The number of oxazole rings is 1. The van der Waals surface area contributed by atoms with Gasteiger partial charge in [0.2, 0.25) is 5.89 Å². The second-order valence-corrected chi connectivity index (χ2v) is 7.40. The highest BCUT2D eigenvalue weighted by molar-refractivity contribution is 6.05. The van der Waals surface area contributed by atoms with Crippen molar-refractivity contribution in [1.29, 1.82) is 0 Å². The molecule has 27 heavy (non-hydrogen) atoms. The molecule has 5 nitrogen and oxygen atoms in total. The van der Waals surface area contributed by atoms with E-state index in [9.17, 15) is 9.18 Å². The monoisotopic (exact) mass is 365 g/mol. The third-order valence-electron chi connectivity index (χ3n) is 5.70. The van der Waals surface area contributed by atoms with Crippen LogP contribution in [0.2, 0.25) is 0 Å². The molecule has 0 spiro atoms. The van der Waals surface area contributed by atoms with Gasteiger partial charge in [-0.25, -0.2) is 9.37 Å². The first-order valence-corrected chi connectivity index (χ1v) is 9.36. The Balaban J connectivity index is 1.48. The quantitative estimate of drug-likeness (QED) is 0.772. The van der Waals surface area contributed by atoms with Crippen LogP contribution < -0.4 is 5.32 Å². The Morgan fingerprint density at radius 3 is 2.67 bits per heavy atom. The van der Waals surface area contributed by atoms with Gasteiger partial charge in [-0.2, -0.15) is 0 Å². The van der Waals surface area contributed by atoms with Gasteiger partial charge in [-0.15, -0.1) is 0 Å². The fourth-order valence-electron chi connectivity index (χ4n) is 4.25. The summed E-state index contributed by atoms with van der Waals surface area (Å²) < 4.78 is 19.8. The SMILES string of the molecule is O=C(NC1CN2CCC1CC2)c1cc(F)cc2oc(-c3ccccc3)nc12. The van der Waals surface area contributed by atoms with Crippen molar-refractivity contribution in [2.75, 3.05) is 19.6 Å². The number of halogens is 1. The van der Waals surface area contributed by atoms with Gasteiger partial charge in [0.25, 0.3) is 5.91 Å². The standard InChI is InChI=1S/C21H20FN3O2/c22-15-10-16(20(26)23-17-12-25-8-6-13(17)7-9-25)19-18(11-15)27-21(24-19)14-4-2-1-3-5-14/h1-5,10-11,13,17H,6-9,12H2,(H,23,26). The number of hydrogen-bond acceptors (Lipinski definition) is 4. The van der Waals surface area contributed by atoms with Gasteiger partial charge in [-0.05, 0) is 50.0 Å². The summed E-state index contributed by atoms with van der Waals surface area (Å²) in [7, 11) is 0. The van der Waals surface area contributed by atoms with Crippen LogP contribution in [0, 0.1) is 11.7 Å². The van der Waals surface area contributed by atoms with Crippen molar-refractivity contribution in [3.8, 4) is 11.5 Å². The zero-order valence-electron chi connectivity index (χ0n) is 14.8. The van der Waals surface area contributed by atoms with E-state index in [4.69, 9.17) is 4.42 Å². The molecule has 3 fully saturated rings. The average molecular weight is 365 g/mol. The molecule has 1 unspecified atom stereocenters. The van der Waals surface area contributed by atoms with Crippen molar-refractivity contribution in [2.24, 2.45) is 5.92 Å². The summed E-state index contributed by atoms with van der Waals surface area (Å²) >= 11 is 0. The molecule has 4 heterocycles. The first-order valence-electron chi connectivity index (χ1n) is 9.36. The maximum atomic E-state index is 14.1. The van der Waals surface area contributed by atoms with Crippen LogP contribution in [0.3, 0.4) is 0 Å². The highest BCUT2D eigenvalue weighted by Crippen LogP contribution is 2.30. The van der Waals surface area contributed by atoms with E-state index in [0.29, 0.717) is 17.3 Å². The third-order valence-corrected chi connectivity index (χ3v) is 5.70. The van der Waals surface area contributed by atoms with Gasteiger partial charge >= 0.3 is 0 Å². The highest BCUT2D eigenvalue weighted by Gasteiger charge is 2.35. The van der Waals surface area contributed by atoms with Crippen molar-refractivity contribution in [2.45, 2.75) is 18.9 Å². The van der Waals surface area contributed by atoms with E-state index in [1.165, 1.54) is 12.1 Å². The van der Waals surface area contributed by atoms with Crippen molar-refractivity contribution in [3.05, 3.63) is 53.8 Å². The molecule has 1 amide bonds. The molecule has 1 aromatic heterocycles. The summed E-state index contributed by atoms with van der Waals surface area (Å²) in [5, 5.41) is 3.11. The van der Waals surface area contributed by atoms with E-state index < -0.39 is 5.82 Å². The number of piperidine rings is 3. The highest BCUT2D eigenvalue weighted by atomic mass is 19.1. The molecule has 0 aliphatic carbocycles. The molecular weight excluding hydrogens is 345 g/mol. The minimum Gasteiger partial charge on any atom is -0.436 e. The molecule has 6 rings (SSSR count). The average Bonchev–Trinajstić information content (AvgIpc) is 3.13. The topological polar surface area (TPSA) is 58.4 Å². The van der Waals surface area contributed by atoms with Crippen molar-refractivity contribution < 1.29 is 13.6 Å². The number of amides is 1. The van der Waals surface area contributed by atoms with Crippen LogP contribution in [0.25, 0.3) is 22.6 Å². The second-order valence-electron chi connectivity index (χ2n) is 7.40. The molecule has 2 aromatic carbocycles. The molecule has 1 N–H and O–H groups in total. The van der Waals surface area contributed by atoms with Gasteiger partial charge in [0.15, 0.2) is 5.58 Å². The number of fused-ring (bicyclic) bond motifs is 4. The minimum absolute atomic E-state index is 0.110. The summed E-state index contributed by atoms with van der Waals surface area (Å²) in [5.74, 6) is 0.0942. The van der Waals surface area contributed by atoms with Gasteiger partial charge in [-0.1, -0.05) is 18.2 Å². The Bertz CT molecular complexity index is 993. The second kappa shape index (κ2) is 6.46. The molecule has 3 saturated heterocycles. The first kappa shape index (κ1) is 16.4. The Hall–Kier alpha value is -2.73. The van der Waals surface area contributed by atoms with E-state index in [-0.39, 0.29) is 23.1 Å². The van der Waals surface area contributed by atoms with Gasteiger partial charge < -0.3 is 14.6 Å².